The average Bonchev–Trinajstić information content (AvgIpc) is 2.56. The Balaban J connectivity index is 1.93. The lowest BCUT2D eigenvalue weighted by atomic mass is 10.1. The topological polar surface area (TPSA) is 62.6 Å². The SMILES string of the molecule is CNC(=O)c1cccc(NC(=O)C[NH+](C)Cc2ccccc2C)c1. The van der Waals surface area contributed by atoms with Crippen LogP contribution in [0.3, 0.4) is 0 Å². The van der Waals surface area contributed by atoms with Crippen molar-refractivity contribution in [3.05, 3.63) is 65.2 Å². The molecule has 0 saturated carbocycles. The zero-order valence-electron chi connectivity index (χ0n) is 14.3. The molecule has 0 heterocycles. The maximum atomic E-state index is 12.2. The largest absolute Gasteiger partial charge is 0.355 e. The molecule has 0 fully saturated rings. The van der Waals surface area contributed by atoms with E-state index in [-0.39, 0.29) is 11.8 Å². The molecule has 1 unspecified atom stereocenters. The molecule has 0 radical (unpaired) electrons. The minimum Gasteiger partial charge on any atom is -0.355 e. The highest BCUT2D eigenvalue weighted by atomic mass is 16.2. The number of quaternary nitrogens is 1. The molecule has 0 spiro atoms. The summed E-state index contributed by atoms with van der Waals surface area (Å²) in [5.41, 5.74) is 3.63. The van der Waals surface area contributed by atoms with E-state index in [1.807, 2.05) is 19.2 Å². The van der Waals surface area contributed by atoms with Gasteiger partial charge in [-0.1, -0.05) is 30.3 Å². The van der Waals surface area contributed by atoms with E-state index in [0.29, 0.717) is 17.8 Å². The average molecular weight is 326 g/mol. The summed E-state index contributed by atoms with van der Waals surface area (Å²) in [6.45, 7) is 3.23. The Kier molecular flexibility index (Phi) is 6.09. The van der Waals surface area contributed by atoms with Crippen LogP contribution >= 0.6 is 0 Å². The third-order valence-corrected chi connectivity index (χ3v) is 3.85. The first-order chi connectivity index (χ1) is 11.5. The minimum absolute atomic E-state index is 0.0739. The summed E-state index contributed by atoms with van der Waals surface area (Å²) >= 11 is 0. The summed E-state index contributed by atoms with van der Waals surface area (Å²) in [5.74, 6) is -0.247. The Bertz CT molecular complexity index is 728. The van der Waals surface area contributed by atoms with Crippen molar-refractivity contribution in [2.24, 2.45) is 0 Å². The van der Waals surface area contributed by atoms with Gasteiger partial charge in [0.15, 0.2) is 6.54 Å². The molecule has 0 bridgehead atoms. The highest BCUT2D eigenvalue weighted by Crippen LogP contribution is 2.10. The summed E-state index contributed by atoms with van der Waals surface area (Å²) in [6.07, 6.45) is 0. The van der Waals surface area contributed by atoms with Crippen molar-refractivity contribution in [2.75, 3.05) is 26.0 Å². The van der Waals surface area contributed by atoms with Crippen LogP contribution in [0.25, 0.3) is 0 Å². The number of nitrogens with one attached hydrogen (secondary N) is 3. The standard InChI is InChI=1S/C19H23N3O2/c1-14-7-4-5-8-16(14)12-22(3)13-18(23)21-17-10-6-9-15(11-17)19(24)20-2/h4-11H,12-13H2,1-3H3,(H,20,24)(H,21,23)/p+1. The molecular formula is C19H24N3O2+. The van der Waals surface area contributed by atoms with Crippen molar-refractivity contribution in [3.63, 3.8) is 0 Å². The first-order valence-corrected chi connectivity index (χ1v) is 7.97. The van der Waals surface area contributed by atoms with Crippen LogP contribution in [0.1, 0.15) is 21.5 Å². The third-order valence-electron chi connectivity index (χ3n) is 3.85. The number of hydrogen-bond acceptors (Lipinski definition) is 2. The molecule has 2 aromatic carbocycles. The molecule has 24 heavy (non-hydrogen) atoms. The normalized spacial score (nSPS) is 11.6. The summed E-state index contributed by atoms with van der Waals surface area (Å²) in [6, 6.07) is 15.1. The van der Waals surface area contributed by atoms with Gasteiger partial charge in [-0.15, -0.1) is 0 Å². The Morgan fingerprint density at radius 3 is 2.54 bits per heavy atom. The fraction of sp³-hybridized carbons (Fsp3) is 0.263. The first kappa shape index (κ1) is 17.7. The molecule has 5 heteroatoms. The monoisotopic (exact) mass is 326 g/mol. The number of anilines is 1. The molecule has 0 aromatic heterocycles. The molecule has 0 aliphatic rings. The van der Waals surface area contributed by atoms with E-state index in [4.69, 9.17) is 0 Å². The van der Waals surface area contributed by atoms with Crippen molar-refractivity contribution in [1.29, 1.82) is 0 Å². The van der Waals surface area contributed by atoms with Gasteiger partial charge in [-0.25, -0.2) is 0 Å². The van der Waals surface area contributed by atoms with Gasteiger partial charge < -0.3 is 15.5 Å². The van der Waals surface area contributed by atoms with Crippen LogP contribution in [0.5, 0.6) is 0 Å². The van der Waals surface area contributed by atoms with E-state index in [2.05, 4.69) is 29.7 Å². The van der Waals surface area contributed by atoms with Gasteiger partial charge in [0.1, 0.15) is 6.54 Å². The quantitative estimate of drug-likeness (QED) is 0.742. The number of aryl methyl sites for hydroxylation is 1. The van der Waals surface area contributed by atoms with Crippen LogP contribution < -0.4 is 15.5 Å². The van der Waals surface area contributed by atoms with Gasteiger partial charge in [0, 0.05) is 23.9 Å². The second-order valence-electron chi connectivity index (χ2n) is 5.95. The van der Waals surface area contributed by atoms with E-state index < -0.39 is 0 Å². The van der Waals surface area contributed by atoms with Gasteiger partial charge in [-0.2, -0.15) is 0 Å². The van der Waals surface area contributed by atoms with Crippen molar-refractivity contribution in [3.8, 4) is 0 Å². The van der Waals surface area contributed by atoms with Crippen molar-refractivity contribution < 1.29 is 14.5 Å². The fourth-order valence-corrected chi connectivity index (χ4v) is 2.56. The molecule has 0 aliphatic heterocycles. The lowest BCUT2D eigenvalue weighted by molar-refractivity contribution is -0.885. The maximum absolute atomic E-state index is 12.2. The molecule has 2 aromatic rings. The molecule has 0 aliphatic carbocycles. The van der Waals surface area contributed by atoms with E-state index >= 15 is 0 Å². The molecule has 5 nitrogen and oxygen atoms in total. The second kappa shape index (κ2) is 8.26. The minimum atomic E-state index is -0.173. The Labute approximate surface area is 142 Å². The lowest BCUT2D eigenvalue weighted by Crippen LogP contribution is -3.08. The highest BCUT2D eigenvalue weighted by molar-refractivity contribution is 5.97. The Hall–Kier alpha value is -2.66. The molecule has 0 saturated heterocycles. The van der Waals surface area contributed by atoms with Gasteiger partial charge in [-0.05, 0) is 30.7 Å². The fourth-order valence-electron chi connectivity index (χ4n) is 2.56. The smallest absolute Gasteiger partial charge is 0.279 e. The Morgan fingerprint density at radius 2 is 1.83 bits per heavy atom. The summed E-state index contributed by atoms with van der Waals surface area (Å²) in [7, 11) is 3.57. The van der Waals surface area contributed by atoms with Crippen molar-refractivity contribution in [2.45, 2.75) is 13.5 Å². The zero-order valence-corrected chi connectivity index (χ0v) is 14.3. The second-order valence-corrected chi connectivity index (χ2v) is 5.95. The Morgan fingerprint density at radius 1 is 1.08 bits per heavy atom. The number of rotatable bonds is 6. The third kappa shape index (κ3) is 4.93. The number of carbonyl (C=O) groups excluding carboxylic acids is 2. The zero-order chi connectivity index (χ0) is 17.5. The summed E-state index contributed by atoms with van der Waals surface area (Å²) < 4.78 is 0. The highest BCUT2D eigenvalue weighted by Gasteiger charge is 2.12. The molecule has 2 amide bonds. The van der Waals surface area contributed by atoms with E-state index in [9.17, 15) is 9.59 Å². The lowest BCUT2D eigenvalue weighted by Gasteiger charge is -2.15. The maximum Gasteiger partial charge on any atom is 0.279 e. The van der Waals surface area contributed by atoms with Crippen LogP contribution in [0.15, 0.2) is 48.5 Å². The van der Waals surface area contributed by atoms with Gasteiger partial charge in [0.2, 0.25) is 0 Å². The summed E-state index contributed by atoms with van der Waals surface area (Å²) in [5, 5.41) is 5.42. The van der Waals surface area contributed by atoms with Crippen LogP contribution in [-0.2, 0) is 11.3 Å². The molecule has 126 valence electrons. The summed E-state index contributed by atoms with van der Waals surface area (Å²) in [4.78, 5) is 25.0. The first-order valence-electron chi connectivity index (χ1n) is 7.97. The van der Waals surface area contributed by atoms with E-state index in [0.717, 1.165) is 11.4 Å². The predicted octanol–water partition coefficient (Wildman–Crippen LogP) is 1.01. The van der Waals surface area contributed by atoms with Crippen LogP contribution in [0, 0.1) is 6.92 Å². The van der Waals surface area contributed by atoms with Crippen LogP contribution in [0.4, 0.5) is 5.69 Å². The molecule has 1 atom stereocenters. The van der Waals surface area contributed by atoms with E-state index in [1.165, 1.54) is 11.1 Å². The van der Waals surface area contributed by atoms with Crippen molar-refractivity contribution >= 4 is 17.5 Å². The molecular weight excluding hydrogens is 302 g/mol. The number of likely N-dealkylation sites (N-methyl/N-ethyl adjacent to an activating group) is 1. The van der Waals surface area contributed by atoms with Gasteiger partial charge in [-0.3, -0.25) is 9.59 Å². The number of amides is 2. The number of benzene rings is 2. The molecule has 3 N–H and O–H groups in total. The van der Waals surface area contributed by atoms with Gasteiger partial charge >= 0.3 is 0 Å². The number of hydrogen-bond donors (Lipinski definition) is 3. The molecule has 2 rings (SSSR count). The van der Waals surface area contributed by atoms with Crippen LogP contribution in [0.2, 0.25) is 0 Å². The van der Waals surface area contributed by atoms with E-state index in [1.54, 1.807) is 31.3 Å². The predicted molar refractivity (Wildman–Crippen MR) is 95.1 cm³/mol. The number of carbonyl (C=O) groups is 2. The van der Waals surface area contributed by atoms with Crippen LogP contribution in [-0.4, -0.2) is 32.5 Å². The van der Waals surface area contributed by atoms with Crippen molar-refractivity contribution in [1.82, 2.24) is 5.32 Å². The van der Waals surface area contributed by atoms with Gasteiger partial charge in [0.05, 0.1) is 7.05 Å². The van der Waals surface area contributed by atoms with Gasteiger partial charge in [0.25, 0.3) is 11.8 Å².